The van der Waals surface area contributed by atoms with Crippen molar-refractivity contribution in [1.29, 1.82) is 0 Å². The average Bonchev–Trinajstić information content (AvgIpc) is 2.73. The molecule has 0 aliphatic carbocycles. The normalized spacial score (nSPS) is 12.4. The fourth-order valence-electron chi connectivity index (χ4n) is 3.03. The molecular weight excluding hydrogens is 391 g/mol. The molecule has 158 valence electrons. The van der Waals surface area contributed by atoms with Gasteiger partial charge < -0.3 is 5.32 Å². The second kappa shape index (κ2) is 11.0. The summed E-state index contributed by atoms with van der Waals surface area (Å²) in [6, 6.07) is 13.0. The highest BCUT2D eigenvalue weighted by atomic mass is 32.2. The van der Waals surface area contributed by atoms with Crippen LogP contribution in [0, 0.1) is 11.7 Å². The van der Waals surface area contributed by atoms with Gasteiger partial charge in [0, 0.05) is 6.54 Å². The number of nitrogens with zero attached hydrogens (tertiary/aromatic N) is 1. The van der Waals surface area contributed by atoms with E-state index in [4.69, 9.17) is 0 Å². The monoisotopic (exact) mass is 420 g/mol. The van der Waals surface area contributed by atoms with Crippen LogP contribution in [0.2, 0.25) is 0 Å². The highest BCUT2D eigenvalue weighted by Crippen LogP contribution is 2.23. The molecule has 2 aromatic rings. The van der Waals surface area contributed by atoms with Gasteiger partial charge in [0.15, 0.2) is 0 Å². The van der Waals surface area contributed by atoms with Crippen molar-refractivity contribution in [1.82, 2.24) is 5.32 Å². The van der Waals surface area contributed by atoms with E-state index in [1.54, 1.807) is 18.2 Å². The van der Waals surface area contributed by atoms with Crippen LogP contribution >= 0.6 is 0 Å². The van der Waals surface area contributed by atoms with Crippen LogP contribution in [-0.2, 0) is 14.8 Å². The molecule has 1 N–H and O–H groups in total. The van der Waals surface area contributed by atoms with E-state index in [1.807, 2.05) is 0 Å². The lowest BCUT2D eigenvalue weighted by atomic mass is 9.99. The minimum atomic E-state index is -3.97. The van der Waals surface area contributed by atoms with Crippen molar-refractivity contribution >= 4 is 21.6 Å². The van der Waals surface area contributed by atoms with Crippen LogP contribution in [0.3, 0.4) is 0 Å². The Morgan fingerprint density at radius 3 is 2.31 bits per heavy atom. The Morgan fingerprint density at radius 2 is 1.72 bits per heavy atom. The topological polar surface area (TPSA) is 66.5 Å². The molecule has 0 heterocycles. The van der Waals surface area contributed by atoms with E-state index in [2.05, 4.69) is 19.2 Å². The van der Waals surface area contributed by atoms with Crippen molar-refractivity contribution in [3.05, 3.63) is 60.4 Å². The van der Waals surface area contributed by atoms with Gasteiger partial charge in [0.2, 0.25) is 5.91 Å². The number of sulfonamides is 1. The summed E-state index contributed by atoms with van der Waals surface area (Å²) in [6.45, 7) is 4.35. The Balaban J connectivity index is 2.20. The van der Waals surface area contributed by atoms with Crippen molar-refractivity contribution < 1.29 is 17.6 Å². The van der Waals surface area contributed by atoms with Gasteiger partial charge in [-0.15, -0.1) is 0 Å². The first kappa shape index (κ1) is 22.9. The minimum absolute atomic E-state index is 0.0755. The maximum atomic E-state index is 13.3. The molecule has 0 aliphatic rings. The summed E-state index contributed by atoms with van der Waals surface area (Å²) in [6.07, 6.45) is 4.16. The first-order valence-electron chi connectivity index (χ1n) is 9.98. The largest absolute Gasteiger partial charge is 0.354 e. The summed E-state index contributed by atoms with van der Waals surface area (Å²) < 4.78 is 40.6. The molecule has 2 aromatic carbocycles. The van der Waals surface area contributed by atoms with E-state index < -0.39 is 15.8 Å². The highest BCUT2D eigenvalue weighted by molar-refractivity contribution is 7.92. The predicted octanol–water partition coefficient (Wildman–Crippen LogP) is 4.35. The molecule has 0 spiro atoms. The molecule has 0 aromatic heterocycles. The van der Waals surface area contributed by atoms with Crippen LogP contribution in [0.15, 0.2) is 59.5 Å². The van der Waals surface area contributed by atoms with Crippen molar-refractivity contribution in [2.24, 2.45) is 5.92 Å². The molecule has 7 heteroatoms. The molecule has 1 atom stereocenters. The van der Waals surface area contributed by atoms with Crippen molar-refractivity contribution in [3.63, 3.8) is 0 Å². The van der Waals surface area contributed by atoms with Gasteiger partial charge in [0.1, 0.15) is 12.4 Å². The number of nitrogens with one attached hydrogen (secondary N) is 1. The second-order valence-electron chi connectivity index (χ2n) is 7.02. The Morgan fingerprint density at radius 1 is 1.07 bits per heavy atom. The third kappa shape index (κ3) is 6.56. The van der Waals surface area contributed by atoms with Crippen LogP contribution in [0.5, 0.6) is 0 Å². The molecule has 5 nitrogen and oxygen atoms in total. The third-order valence-electron chi connectivity index (χ3n) is 4.86. The van der Waals surface area contributed by atoms with E-state index >= 15 is 0 Å². The number of carbonyl (C=O) groups is 1. The second-order valence-corrected chi connectivity index (χ2v) is 8.88. The van der Waals surface area contributed by atoms with Gasteiger partial charge in [-0.25, -0.2) is 12.8 Å². The number of carbonyl (C=O) groups excluding carboxylic acids is 1. The van der Waals surface area contributed by atoms with Gasteiger partial charge in [-0.2, -0.15) is 0 Å². The van der Waals surface area contributed by atoms with Crippen molar-refractivity contribution in [3.8, 4) is 0 Å². The summed E-state index contributed by atoms with van der Waals surface area (Å²) in [5.41, 5.74) is 0.239. The van der Waals surface area contributed by atoms with Crippen molar-refractivity contribution in [2.75, 3.05) is 17.4 Å². The Hall–Kier alpha value is -2.41. The number of benzene rings is 2. The quantitative estimate of drug-likeness (QED) is 0.588. The van der Waals surface area contributed by atoms with Gasteiger partial charge >= 0.3 is 0 Å². The fraction of sp³-hybridized carbons (Fsp3) is 0.409. The standard InChI is InChI=1S/C22H29FN2O3S/c1-3-5-9-18(4-2)16-24-22(26)17-25(20-14-12-19(23)13-15-20)29(27,28)21-10-7-6-8-11-21/h6-8,10-15,18H,3-5,9,16-17H2,1-2H3,(H,24,26)/t18-/m0/s1. The lowest BCUT2D eigenvalue weighted by Gasteiger charge is -2.24. The van der Waals surface area contributed by atoms with E-state index in [1.165, 1.54) is 36.4 Å². The number of hydrogen-bond acceptors (Lipinski definition) is 3. The Labute approximate surface area is 173 Å². The lowest BCUT2D eigenvalue weighted by molar-refractivity contribution is -0.119. The summed E-state index contributed by atoms with van der Waals surface area (Å²) >= 11 is 0. The molecule has 0 saturated carbocycles. The first-order chi connectivity index (χ1) is 13.9. The maximum Gasteiger partial charge on any atom is 0.264 e. The zero-order valence-corrected chi connectivity index (χ0v) is 17.8. The first-order valence-corrected chi connectivity index (χ1v) is 11.4. The van der Waals surface area contributed by atoms with Crippen LogP contribution in [-0.4, -0.2) is 27.4 Å². The zero-order chi connectivity index (χ0) is 21.3. The van der Waals surface area contributed by atoms with Gasteiger partial charge in [-0.1, -0.05) is 51.3 Å². The maximum absolute atomic E-state index is 13.3. The molecule has 0 fully saturated rings. The number of unbranched alkanes of at least 4 members (excludes halogenated alkanes) is 1. The van der Waals surface area contributed by atoms with E-state index in [0.717, 1.165) is 30.0 Å². The Bertz CT molecular complexity index is 871. The zero-order valence-electron chi connectivity index (χ0n) is 17.0. The summed E-state index contributed by atoms with van der Waals surface area (Å²) in [4.78, 5) is 12.7. The van der Waals surface area contributed by atoms with E-state index in [-0.39, 0.29) is 23.0 Å². The van der Waals surface area contributed by atoms with E-state index in [9.17, 15) is 17.6 Å². The molecule has 2 rings (SSSR count). The third-order valence-corrected chi connectivity index (χ3v) is 6.65. The average molecular weight is 421 g/mol. The summed E-state index contributed by atoms with van der Waals surface area (Å²) in [5.74, 6) is -0.496. The fourth-order valence-corrected chi connectivity index (χ4v) is 4.47. The summed E-state index contributed by atoms with van der Waals surface area (Å²) in [7, 11) is -3.97. The molecule has 29 heavy (non-hydrogen) atoms. The number of hydrogen-bond donors (Lipinski definition) is 1. The van der Waals surface area contributed by atoms with Gasteiger partial charge in [0.25, 0.3) is 10.0 Å². The van der Waals surface area contributed by atoms with E-state index in [0.29, 0.717) is 12.5 Å². The molecule has 1 amide bonds. The van der Waals surface area contributed by atoms with Crippen LogP contribution in [0.1, 0.15) is 39.5 Å². The van der Waals surface area contributed by atoms with Crippen LogP contribution in [0.25, 0.3) is 0 Å². The van der Waals surface area contributed by atoms with Crippen molar-refractivity contribution in [2.45, 2.75) is 44.4 Å². The van der Waals surface area contributed by atoms with Gasteiger partial charge in [0.05, 0.1) is 10.6 Å². The van der Waals surface area contributed by atoms with Crippen LogP contribution in [0.4, 0.5) is 10.1 Å². The smallest absolute Gasteiger partial charge is 0.264 e. The minimum Gasteiger partial charge on any atom is -0.354 e. The van der Waals surface area contributed by atoms with Gasteiger partial charge in [-0.3, -0.25) is 9.10 Å². The highest BCUT2D eigenvalue weighted by Gasteiger charge is 2.27. The Kier molecular flexibility index (Phi) is 8.64. The molecule has 0 aliphatic heterocycles. The molecular formula is C22H29FN2O3S. The SMILES string of the molecule is CCCC[C@H](CC)CNC(=O)CN(c1ccc(F)cc1)S(=O)(=O)c1ccccc1. The number of amides is 1. The molecule has 0 bridgehead atoms. The predicted molar refractivity (Wildman–Crippen MR) is 114 cm³/mol. The van der Waals surface area contributed by atoms with Gasteiger partial charge in [-0.05, 0) is 48.7 Å². The molecule has 0 saturated heterocycles. The van der Waals surface area contributed by atoms with Crippen LogP contribution < -0.4 is 9.62 Å². The number of rotatable bonds is 11. The molecule has 0 radical (unpaired) electrons. The number of halogens is 1. The summed E-state index contributed by atoms with van der Waals surface area (Å²) in [5, 5.41) is 2.86. The number of anilines is 1. The lowest BCUT2D eigenvalue weighted by Crippen LogP contribution is -2.42. The molecule has 0 unspecified atom stereocenters.